The highest BCUT2D eigenvalue weighted by Crippen LogP contribution is 2.51. The topological polar surface area (TPSA) is 116 Å². The van der Waals surface area contributed by atoms with Gasteiger partial charge in [0.2, 0.25) is 15.9 Å². The molecular weight excluding hydrogens is 420 g/mol. The van der Waals surface area contributed by atoms with Gasteiger partial charge in [-0.25, -0.2) is 18.4 Å². The van der Waals surface area contributed by atoms with Crippen LogP contribution in [-0.2, 0) is 14.8 Å². The number of aromatic nitrogens is 3. The number of anilines is 1. The van der Waals surface area contributed by atoms with Crippen molar-refractivity contribution in [1.29, 1.82) is 0 Å². The Hall–Kier alpha value is -2.85. The first-order valence-corrected chi connectivity index (χ1v) is 11.9. The predicted octanol–water partition coefficient (Wildman–Crippen LogP) is 2.63. The molecule has 5 rings (SSSR count). The molecule has 3 aliphatic heterocycles. The number of hydrogen-bond acceptors (Lipinski definition) is 7. The van der Waals surface area contributed by atoms with Crippen molar-refractivity contribution in [2.45, 2.75) is 13.8 Å². The Morgan fingerprint density at radius 1 is 1.23 bits per heavy atom. The molecule has 2 unspecified atom stereocenters. The lowest BCUT2D eigenvalue weighted by molar-refractivity contribution is 0.136. The molecule has 1 aromatic rings. The average molecular weight is 445 g/mol. The van der Waals surface area contributed by atoms with Crippen molar-refractivity contribution in [2.24, 2.45) is 17.8 Å². The van der Waals surface area contributed by atoms with Crippen molar-refractivity contribution >= 4 is 15.7 Å². The molecule has 4 aliphatic rings. The second kappa shape index (κ2) is 7.38. The van der Waals surface area contributed by atoms with Crippen LogP contribution in [0.4, 0.5) is 5.69 Å². The summed E-state index contributed by atoms with van der Waals surface area (Å²) in [5.41, 5.74) is 3.05. The molecule has 2 atom stereocenters. The van der Waals surface area contributed by atoms with Crippen LogP contribution in [0, 0.1) is 24.7 Å². The molecule has 1 saturated heterocycles. The largest absolute Gasteiger partial charge is 0.477 e. The molecule has 31 heavy (non-hydrogen) atoms. The van der Waals surface area contributed by atoms with Gasteiger partial charge in [-0.05, 0) is 43.9 Å². The van der Waals surface area contributed by atoms with Gasteiger partial charge in [-0.15, -0.1) is 0 Å². The van der Waals surface area contributed by atoms with E-state index in [1.165, 1.54) is 6.20 Å². The summed E-state index contributed by atoms with van der Waals surface area (Å²) in [5, 5.41) is 10.3. The van der Waals surface area contributed by atoms with Gasteiger partial charge in [0, 0.05) is 28.8 Å². The van der Waals surface area contributed by atoms with Gasteiger partial charge in [-0.3, -0.25) is 4.72 Å². The lowest BCUT2D eigenvalue weighted by atomic mass is 10.0. The van der Waals surface area contributed by atoms with E-state index >= 15 is 0 Å². The van der Waals surface area contributed by atoms with Crippen LogP contribution in [-0.4, -0.2) is 53.9 Å². The first-order valence-electron chi connectivity index (χ1n) is 10.3. The first kappa shape index (κ1) is 20.1. The fourth-order valence-corrected chi connectivity index (χ4v) is 4.91. The van der Waals surface area contributed by atoms with Gasteiger partial charge in [0.15, 0.2) is 5.82 Å². The van der Waals surface area contributed by atoms with E-state index in [0.717, 1.165) is 23.5 Å². The minimum absolute atomic E-state index is 0.0426. The second-order valence-electron chi connectivity index (χ2n) is 8.12. The zero-order valence-electron chi connectivity index (χ0n) is 17.3. The average Bonchev–Trinajstić information content (AvgIpc) is 3.12. The summed E-state index contributed by atoms with van der Waals surface area (Å²) in [4.78, 5) is 8.68. The molecule has 4 heterocycles. The van der Waals surface area contributed by atoms with Crippen LogP contribution in [0.2, 0.25) is 0 Å². The minimum Gasteiger partial charge on any atom is -0.477 e. The summed E-state index contributed by atoms with van der Waals surface area (Å²) in [6.07, 6.45) is 3.08. The Labute approximate surface area is 180 Å². The third-order valence-corrected chi connectivity index (χ3v) is 7.50. The molecule has 0 aromatic carbocycles. The number of aryl methyl sites for hydroxylation is 1. The fourth-order valence-electron chi connectivity index (χ4n) is 4.29. The highest BCUT2D eigenvalue weighted by atomic mass is 32.2. The molecule has 0 radical (unpaired) electrons. The molecule has 1 aromatic heterocycles. The summed E-state index contributed by atoms with van der Waals surface area (Å²) in [6, 6.07) is 5.33. The molecule has 0 bridgehead atoms. The monoisotopic (exact) mass is 444 g/mol. The summed E-state index contributed by atoms with van der Waals surface area (Å²) in [7, 11) is -3.46. The molecule has 2 fully saturated rings. The normalized spacial score (nSPS) is 22.5. The summed E-state index contributed by atoms with van der Waals surface area (Å²) < 4.78 is 39.3. The van der Waals surface area contributed by atoms with Crippen molar-refractivity contribution in [3.05, 3.63) is 36.3 Å². The lowest BCUT2D eigenvalue weighted by Crippen LogP contribution is -2.15. The number of hydrogen-bond donors (Lipinski definition) is 2. The number of fused-ring (bicyclic) bond motifs is 2. The third-order valence-electron chi connectivity index (χ3n) is 6.19. The Morgan fingerprint density at radius 3 is 2.74 bits per heavy atom. The molecular formula is C21H24N4O5S. The van der Waals surface area contributed by atoms with E-state index in [1.807, 2.05) is 6.07 Å². The van der Waals surface area contributed by atoms with Crippen molar-refractivity contribution < 1.29 is 23.1 Å². The van der Waals surface area contributed by atoms with Crippen LogP contribution in [0.15, 0.2) is 30.6 Å². The van der Waals surface area contributed by atoms with Crippen LogP contribution in [0.3, 0.4) is 0 Å². The number of sulfonamides is 1. The second-order valence-corrected chi connectivity index (χ2v) is 10.1. The van der Waals surface area contributed by atoms with Crippen LogP contribution < -0.4 is 9.46 Å². The molecule has 0 spiro atoms. The Bertz CT molecular complexity index is 1200. The van der Waals surface area contributed by atoms with E-state index in [4.69, 9.17) is 9.47 Å². The summed E-state index contributed by atoms with van der Waals surface area (Å²) in [6.45, 7) is 5.44. The highest BCUT2D eigenvalue weighted by molar-refractivity contribution is 7.92. The zero-order chi connectivity index (χ0) is 21.8. The van der Waals surface area contributed by atoms with Crippen LogP contribution in [0.1, 0.15) is 12.6 Å². The van der Waals surface area contributed by atoms with Gasteiger partial charge in [-0.1, -0.05) is 0 Å². The zero-order valence-corrected chi connectivity index (χ0v) is 18.1. The van der Waals surface area contributed by atoms with Gasteiger partial charge in [0.1, 0.15) is 0 Å². The Morgan fingerprint density at radius 2 is 2.00 bits per heavy atom. The van der Waals surface area contributed by atoms with Gasteiger partial charge >= 0.3 is 0 Å². The van der Waals surface area contributed by atoms with Gasteiger partial charge in [0.05, 0.1) is 43.2 Å². The van der Waals surface area contributed by atoms with Crippen LogP contribution >= 0.6 is 0 Å². The maximum Gasteiger partial charge on any atom is 0.232 e. The summed E-state index contributed by atoms with van der Waals surface area (Å²) >= 11 is 0. The minimum atomic E-state index is -3.46. The molecule has 2 N–H and O–H groups in total. The Balaban J connectivity index is 1.54. The number of nitrogens with one attached hydrogen (secondary N) is 1. The van der Waals surface area contributed by atoms with E-state index in [-0.39, 0.29) is 5.75 Å². The van der Waals surface area contributed by atoms with Crippen molar-refractivity contribution in [2.75, 3.05) is 30.3 Å². The number of nitrogens with zero attached hydrogens (tertiary/aromatic N) is 3. The van der Waals surface area contributed by atoms with Crippen molar-refractivity contribution in [3.8, 4) is 28.4 Å². The van der Waals surface area contributed by atoms with Gasteiger partial charge in [0.25, 0.3) is 0 Å². The lowest BCUT2D eigenvalue weighted by Gasteiger charge is -2.17. The SMILES string of the molecule is CCS(=O)(=O)Nc1cnc(OCC2C3COCC32)c(-c2cc(C)n(O)c3nccc2-3)c1. The first-order chi connectivity index (χ1) is 14.9. The highest BCUT2D eigenvalue weighted by Gasteiger charge is 2.54. The van der Waals surface area contributed by atoms with Crippen LogP contribution in [0.25, 0.3) is 22.5 Å². The molecule has 10 heteroatoms. The predicted molar refractivity (Wildman–Crippen MR) is 114 cm³/mol. The Kier molecular flexibility index (Phi) is 4.78. The maximum absolute atomic E-state index is 12.1. The molecule has 9 nitrogen and oxygen atoms in total. The van der Waals surface area contributed by atoms with Gasteiger partial charge in [-0.2, -0.15) is 4.73 Å². The van der Waals surface area contributed by atoms with E-state index < -0.39 is 10.0 Å². The van der Waals surface area contributed by atoms with E-state index in [2.05, 4.69) is 14.7 Å². The standard InChI is InChI=1S/C21H24N4O5S/c1-3-31(27,28)24-13-7-16(15-6-12(2)25(26)20-14(15)4-5-22-20)21(23-8-13)30-11-19-17-9-29-10-18(17)19/h4-8,17-19,24,26H,3,9-11H2,1-2H3. The number of pyridine rings is 2. The van der Waals surface area contributed by atoms with E-state index in [9.17, 15) is 13.6 Å². The smallest absolute Gasteiger partial charge is 0.232 e. The van der Waals surface area contributed by atoms with Crippen molar-refractivity contribution in [3.63, 3.8) is 0 Å². The van der Waals surface area contributed by atoms with Crippen molar-refractivity contribution in [1.82, 2.24) is 14.7 Å². The number of ether oxygens (including phenoxy) is 2. The third kappa shape index (κ3) is 3.59. The molecule has 164 valence electrons. The molecule has 1 aliphatic carbocycles. The number of rotatable bonds is 7. The maximum atomic E-state index is 12.1. The molecule has 1 saturated carbocycles. The van der Waals surface area contributed by atoms with Gasteiger partial charge < -0.3 is 14.7 Å². The fraction of sp³-hybridized carbons (Fsp3) is 0.429. The quantitative estimate of drug-likeness (QED) is 0.538. The van der Waals surface area contributed by atoms with E-state index in [0.29, 0.717) is 58.6 Å². The summed E-state index contributed by atoms with van der Waals surface area (Å²) in [5.74, 6) is 2.35. The van der Waals surface area contributed by atoms with Crippen LogP contribution in [0.5, 0.6) is 5.88 Å². The van der Waals surface area contributed by atoms with E-state index in [1.54, 1.807) is 32.2 Å². The molecule has 0 amide bonds.